The molecule has 1 heterocycles. The van der Waals surface area contributed by atoms with Crippen molar-refractivity contribution in [3.63, 3.8) is 0 Å². The number of sulfonamides is 1. The maximum atomic E-state index is 12.5. The molecule has 1 aliphatic rings. The number of benzene rings is 2. The SMILES string of the molecule is COc1ccccc1[C@@H](C)NC(=O)CCN1C(=O)c2ccccc2S1(=O)=O. The van der Waals surface area contributed by atoms with Crippen LogP contribution in [0.5, 0.6) is 5.75 Å². The number of carbonyl (C=O) groups is 2. The maximum Gasteiger partial charge on any atom is 0.269 e. The first-order valence-electron chi connectivity index (χ1n) is 8.44. The smallest absolute Gasteiger partial charge is 0.269 e. The second-order valence-electron chi connectivity index (χ2n) is 6.16. The van der Waals surface area contributed by atoms with E-state index in [1.807, 2.05) is 25.1 Å². The Labute approximate surface area is 158 Å². The van der Waals surface area contributed by atoms with Crippen molar-refractivity contribution in [3.8, 4) is 5.75 Å². The van der Waals surface area contributed by atoms with Crippen LogP contribution in [0.25, 0.3) is 0 Å². The Hall–Kier alpha value is -2.87. The Morgan fingerprint density at radius 1 is 1.15 bits per heavy atom. The van der Waals surface area contributed by atoms with Gasteiger partial charge in [-0.1, -0.05) is 30.3 Å². The molecule has 0 fully saturated rings. The van der Waals surface area contributed by atoms with E-state index < -0.39 is 15.9 Å². The van der Waals surface area contributed by atoms with Gasteiger partial charge < -0.3 is 10.1 Å². The monoisotopic (exact) mass is 388 g/mol. The number of para-hydroxylation sites is 1. The molecular formula is C19H20N2O5S. The highest BCUT2D eigenvalue weighted by molar-refractivity contribution is 7.90. The molecule has 8 heteroatoms. The highest BCUT2D eigenvalue weighted by atomic mass is 32.2. The van der Waals surface area contributed by atoms with Crippen molar-refractivity contribution in [1.29, 1.82) is 0 Å². The Morgan fingerprint density at radius 3 is 2.52 bits per heavy atom. The third kappa shape index (κ3) is 3.52. The van der Waals surface area contributed by atoms with E-state index >= 15 is 0 Å². The van der Waals surface area contributed by atoms with E-state index in [0.29, 0.717) is 5.75 Å². The first kappa shape index (κ1) is 18.9. The fourth-order valence-corrected chi connectivity index (χ4v) is 4.64. The van der Waals surface area contributed by atoms with E-state index in [-0.39, 0.29) is 35.4 Å². The number of methoxy groups -OCH3 is 1. The average molecular weight is 388 g/mol. The van der Waals surface area contributed by atoms with Gasteiger partial charge in [0.25, 0.3) is 15.9 Å². The minimum absolute atomic E-state index is 0.0159. The van der Waals surface area contributed by atoms with Gasteiger partial charge in [0.15, 0.2) is 0 Å². The third-order valence-electron chi connectivity index (χ3n) is 4.44. The van der Waals surface area contributed by atoms with Crippen LogP contribution in [0, 0.1) is 0 Å². The van der Waals surface area contributed by atoms with Crippen molar-refractivity contribution in [2.45, 2.75) is 24.3 Å². The maximum absolute atomic E-state index is 12.5. The van der Waals surface area contributed by atoms with Gasteiger partial charge in [-0.2, -0.15) is 0 Å². The van der Waals surface area contributed by atoms with Crippen molar-refractivity contribution >= 4 is 21.8 Å². The molecule has 2 amide bonds. The topological polar surface area (TPSA) is 92.8 Å². The van der Waals surface area contributed by atoms with Gasteiger partial charge in [0.1, 0.15) is 10.6 Å². The molecule has 2 aromatic rings. The molecule has 0 aliphatic carbocycles. The van der Waals surface area contributed by atoms with E-state index in [4.69, 9.17) is 4.74 Å². The summed E-state index contributed by atoms with van der Waals surface area (Å²) in [6.07, 6.45) is -0.127. The fraction of sp³-hybridized carbons (Fsp3) is 0.263. The summed E-state index contributed by atoms with van der Waals surface area (Å²) in [5, 5.41) is 2.81. The Bertz CT molecular complexity index is 987. The van der Waals surface area contributed by atoms with Crippen molar-refractivity contribution in [2.24, 2.45) is 0 Å². The van der Waals surface area contributed by atoms with Crippen molar-refractivity contribution in [1.82, 2.24) is 9.62 Å². The lowest BCUT2D eigenvalue weighted by molar-refractivity contribution is -0.121. The van der Waals surface area contributed by atoms with E-state index in [9.17, 15) is 18.0 Å². The van der Waals surface area contributed by atoms with E-state index in [0.717, 1.165) is 9.87 Å². The molecule has 1 atom stereocenters. The van der Waals surface area contributed by atoms with Gasteiger partial charge in [0.2, 0.25) is 5.91 Å². The van der Waals surface area contributed by atoms with Gasteiger partial charge >= 0.3 is 0 Å². The Kier molecular flexibility index (Phi) is 5.18. The lowest BCUT2D eigenvalue weighted by Crippen LogP contribution is -2.35. The summed E-state index contributed by atoms with van der Waals surface area (Å²) in [7, 11) is -2.35. The summed E-state index contributed by atoms with van der Waals surface area (Å²) in [5.41, 5.74) is 0.950. The molecule has 1 N–H and O–H groups in total. The van der Waals surface area contributed by atoms with Crippen LogP contribution in [-0.4, -0.2) is 38.2 Å². The number of nitrogens with one attached hydrogen (secondary N) is 1. The van der Waals surface area contributed by atoms with E-state index in [2.05, 4.69) is 5.32 Å². The van der Waals surface area contributed by atoms with Crippen LogP contribution in [0.1, 0.15) is 35.3 Å². The van der Waals surface area contributed by atoms with Crippen molar-refractivity contribution in [2.75, 3.05) is 13.7 Å². The summed E-state index contributed by atoms with van der Waals surface area (Å²) >= 11 is 0. The molecule has 0 radical (unpaired) electrons. The lowest BCUT2D eigenvalue weighted by atomic mass is 10.1. The molecule has 0 saturated heterocycles. The number of ether oxygens (including phenoxy) is 1. The van der Waals surface area contributed by atoms with Crippen LogP contribution < -0.4 is 10.1 Å². The molecule has 3 rings (SSSR count). The summed E-state index contributed by atoms with van der Waals surface area (Å²) < 4.78 is 31.0. The predicted molar refractivity (Wildman–Crippen MR) is 98.8 cm³/mol. The van der Waals surface area contributed by atoms with Crippen LogP contribution in [0.4, 0.5) is 0 Å². The molecule has 0 bridgehead atoms. The number of hydrogen-bond acceptors (Lipinski definition) is 5. The van der Waals surface area contributed by atoms with Crippen molar-refractivity contribution < 1.29 is 22.7 Å². The zero-order valence-corrected chi connectivity index (χ0v) is 15.8. The van der Waals surface area contributed by atoms with Gasteiger partial charge in [0.05, 0.1) is 18.7 Å². The van der Waals surface area contributed by atoms with Gasteiger partial charge in [-0.05, 0) is 25.1 Å². The molecular weight excluding hydrogens is 368 g/mol. The summed E-state index contributed by atoms with van der Waals surface area (Å²) in [4.78, 5) is 24.6. The molecule has 7 nitrogen and oxygen atoms in total. The minimum atomic E-state index is -3.90. The van der Waals surface area contributed by atoms with Crippen LogP contribution in [-0.2, 0) is 14.8 Å². The van der Waals surface area contributed by atoms with Gasteiger partial charge in [-0.25, -0.2) is 12.7 Å². The second-order valence-corrected chi connectivity index (χ2v) is 7.99. The molecule has 0 unspecified atom stereocenters. The number of hydrogen-bond donors (Lipinski definition) is 1. The Morgan fingerprint density at radius 2 is 1.81 bits per heavy atom. The number of rotatable bonds is 6. The lowest BCUT2D eigenvalue weighted by Gasteiger charge is -2.19. The standard InChI is InChI=1S/C19H20N2O5S/c1-13(14-7-3-5-9-16(14)26-2)20-18(22)11-12-21-19(23)15-8-4-6-10-17(15)27(21,24)25/h3-10,13H,11-12H2,1-2H3,(H,20,22)/t13-/m1/s1. The zero-order chi connectivity index (χ0) is 19.6. The van der Waals surface area contributed by atoms with Crippen LogP contribution in [0.3, 0.4) is 0 Å². The highest BCUT2D eigenvalue weighted by Crippen LogP contribution is 2.30. The number of nitrogens with zero attached hydrogens (tertiary/aromatic N) is 1. The molecule has 0 spiro atoms. The predicted octanol–water partition coefficient (Wildman–Crippen LogP) is 2.11. The number of fused-ring (bicyclic) bond motifs is 1. The highest BCUT2D eigenvalue weighted by Gasteiger charge is 2.40. The number of carbonyl (C=O) groups excluding carboxylic acids is 2. The minimum Gasteiger partial charge on any atom is -0.496 e. The fourth-order valence-electron chi connectivity index (χ4n) is 3.07. The molecule has 0 saturated carbocycles. The van der Waals surface area contributed by atoms with E-state index in [1.54, 1.807) is 25.3 Å². The first-order valence-corrected chi connectivity index (χ1v) is 9.88. The van der Waals surface area contributed by atoms with E-state index in [1.165, 1.54) is 12.1 Å². The third-order valence-corrected chi connectivity index (χ3v) is 6.28. The Balaban J connectivity index is 1.66. The molecule has 27 heavy (non-hydrogen) atoms. The van der Waals surface area contributed by atoms with Crippen LogP contribution >= 0.6 is 0 Å². The summed E-state index contributed by atoms with van der Waals surface area (Å²) in [6.45, 7) is 1.60. The van der Waals surface area contributed by atoms with Gasteiger partial charge in [-0.3, -0.25) is 9.59 Å². The average Bonchev–Trinajstić information content (AvgIpc) is 2.86. The molecule has 0 aromatic heterocycles. The van der Waals surface area contributed by atoms with Crippen molar-refractivity contribution in [3.05, 3.63) is 59.7 Å². The number of amides is 2. The summed E-state index contributed by atoms with van der Waals surface area (Å²) in [6, 6.07) is 13.0. The molecule has 2 aromatic carbocycles. The first-order chi connectivity index (χ1) is 12.9. The second kappa shape index (κ2) is 7.40. The largest absolute Gasteiger partial charge is 0.496 e. The zero-order valence-electron chi connectivity index (χ0n) is 15.0. The molecule has 1 aliphatic heterocycles. The van der Waals surface area contributed by atoms with Crippen LogP contribution in [0.15, 0.2) is 53.4 Å². The normalized spacial score (nSPS) is 15.9. The van der Waals surface area contributed by atoms with Gasteiger partial charge in [-0.15, -0.1) is 0 Å². The quantitative estimate of drug-likeness (QED) is 0.818. The van der Waals surface area contributed by atoms with Crippen LogP contribution in [0.2, 0.25) is 0 Å². The van der Waals surface area contributed by atoms with Gasteiger partial charge in [0, 0.05) is 18.5 Å². The molecule has 142 valence electrons. The summed E-state index contributed by atoms with van der Waals surface area (Å²) in [5.74, 6) is -0.304.